The standard InChI is InChI=1S/C13H17N3/c1-3-5-13-6-4-11-16(13)15(2)12-7-9-14-10-8-12/h4,6-11H,3,5H2,1-2H3. The Morgan fingerprint density at radius 3 is 2.69 bits per heavy atom. The molecule has 0 N–H and O–H groups in total. The summed E-state index contributed by atoms with van der Waals surface area (Å²) in [5.74, 6) is 0. The molecule has 84 valence electrons. The second kappa shape index (κ2) is 4.84. The smallest absolute Gasteiger partial charge is 0.0605 e. The third-order valence-corrected chi connectivity index (χ3v) is 2.68. The summed E-state index contributed by atoms with van der Waals surface area (Å²) in [6, 6.07) is 8.27. The lowest BCUT2D eigenvalue weighted by atomic mass is 10.2. The first-order chi connectivity index (χ1) is 7.83. The molecular formula is C13H17N3. The minimum atomic E-state index is 1.10. The molecule has 0 aliphatic rings. The van der Waals surface area contributed by atoms with Crippen LogP contribution in [-0.2, 0) is 6.42 Å². The van der Waals surface area contributed by atoms with E-state index in [4.69, 9.17) is 0 Å². The first-order valence-corrected chi connectivity index (χ1v) is 5.63. The molecule has 2 rings (SSSR count). The van der Waals surface area contributed by atoms with Crippen LogP contribution in [0.25, 0.3) is 0 Å². The van der Waals surface area contributed by atoms with Gasteiger partial charge in [-0.1, -0.05) is 13.3 Å². The van der Waals surface area contributed by atoms with E-state index in [2.05, 4.69) is 47.0 Å². The Labute approximate surface area is 96.3 Å². The molecule has 2 heterocycles. The summed E-state index contributed by atoms with van der Waals surface area (Å²) in [5, 5.41) is 2.13. The van der Waals surface area contributed by atoms with Crippen LogP contribution in [0.15, 0.2) is 42.9 Å². The maximum atomic E-state index is 4.03. The summed E-state index contributed by atoms with van der Waals surface area (Å²) in [4.78, 5) is 4.03. The Balaban J connectivity index is 2.27. The number of rotatable bonds is 4. The number of aryl methyl sites for hydroxylation is 1. The number of anilines is 1. The Bertz CT molecular complexity index is 433. The van der Waals surface area contributed by atoms with Crippen LogP contribution in [0.1, 0.15) is 19.0 Å². The lowest BCUT2D eigenvalue weighted by Crippen LogP contribution is -2.25. The van der Waals surface area contributed by atoms with E-state index in [1.165, 1.54) is 5.69 Å². The number of aromatic nitrogens is 2. The highest BCUT2D eigenvalue weighted by Crippen LogP contribution is 2.14. The minimum absolute atomic E-state index is 1.10. The van der Waals surface area contributed by atoms with Gasteiger partial charge in [0.05, 0.1) is 5.69 Å². The van der Waals surface area contributed by atoms with Crippen molar-refractivity contribution in [2.45, 2.75) is 19.8 Å². The molecule has 0 atom stereocenters. The Kier molecular flexibility index (Phi) is 3.25. The van der Waals surface area contributed by atoms with E-state index in [0.29, 0.717) is 0 Å². The van der Waals surface area contributed by atoms with Crippen molar-refractivity contribution in [2.75, 3.05) is 12.1 Å². The van der Waals surface area contributed by atoms with Gasteiger partial charge in [0.1, 0.15) is 0 Å². The first kappa shape index (κ1) is 10.7. The van der Waals surface area contributed by atoms with Crippen molar-refractivity contribution < 1.29 is 0 Å². The molecule has 16 heavy (non-hydrogen) atoms. The summed E-state index contributed by atoms with van der Waals surface area (Å²) < 4.78 is 2.18. The number of pyridine rings is 1. The summed E-state index contributed by atoms with van der Waals surface area (Å²) in [7, 11) is 2.06. The molecule has 0 aliphatic heterocycles. The fourth-order valence-corrected chi connectivity index (χ4v) is 1.84. The van der Waals surface area contributed by atoms with Crippen LogP contribution in [0, 0.1) is 0 Å². The quantitative estimate of drug-likeness (QED) is 0.782. The average Bonchev–Trinajstić information content (AvgIpc) is 2.78. The van der Waals surface area contributed by atoms with Gasteiger partial charge in [-0.3, -0.25) is 14.7 Å². The zero-order valence-corrected chi connectivity index (χ0v) is 9.80. The summed E-state index contributed by atoms with van der Waals surface area (Å²) in [5.41, 5.74) is 2.48. The van der Waals surface area contributed by atoms with Gasteiger partial charge < -0.3 is 0 Å². The number of hydrogen-bond acceptors (Lipinski definition) is 2. The van der Waals surface area contributed by atoms with Gasteiger partial charge in [-0.2, -0.15) is 0 Å². The van der Waals surface area contributed by atoms with Gasteiger partial charge in [0.2, 0.25) is 0 Å². The molecule has 2 aromatic heterocycles. The SMILES string of the molecule is CCCc1cccn1N(C)c1ccncc1. The van der Waals surface area contributed by atoms with E-state index in [1.54, 1.807) is 0 Å². The van der Waals surface area contributed by atoms with Gasteiger partial charge in [0, 0.05) is 31.3 Å². The van der Waals surface area contributed by atoms with E-state index >= 15 is 0 Å². The van der Waals surface area contributed by atoms with Crippen molar-refractivity contribution in [3.63, 3.8) is 0 Å². The predicted molar refractivity (Wildman–Crippen MR) is 66.5 cm³/mol. The zero-order valence-electron chi connectivity index (χ0n) is 9.80. The number of hydrogen-bond donors (Lipinski definition) is 0. The van der Waals surface area contributed by atoms with Crippen LogP contribution in [0.4, 0.5) is 5.69 Å². The highest BCUT2D eigenvalue weighted by Gasteiger charge is 2.05. The topological polar surface area (TPSA) is 21.1 Å². The minimum Gasteiger partial charge on any atom is -0.285 e. The van der Waals surface area contributed by atoms with Crippen molar-refractivity contribution in [2.24, 2.45) is 0 Å². The van der Waals surface area contributed by atoms with Gasteiger partial charge in [-0.25, -0.2) is 0 Å². The fraction of sp³-hybridized carbons (Fsp3) is 0.308. The van der Waals surface area contributed by atoms with Crippen LogP contribution in [0.2, 0.25) is 0 Å². The van der Waals surface area contributed by atoms with Gasteiger partial charge >= 0.3 is 0 Å². The van der Waals surface area contributed by atoms with Gasteiger partial charge in [0.15, 0.2) is 0 Å². The van der Waals surface area contributed by atoms with E-state index in [1.807, 2.05) is 24.5 Å². The Morgan fingerprint density at radius 1 is 1.25 bits per heavy atom. The first-order valence-electron chi connectivity index (χ1n) is 5.63. The molecule has 0 radical (unpaired) electrons. The molecule has 0 unspecified atom stereocenters. The molecular weight excluding hydrogens is 198 g/mol. The molecule has 0 aliphatic carbocycles. The molecule has 0 bridgehead atoms. The third-order valence-electron chi connectivity index (χ3n) is 2.68. The zero-order chi connectivity index (χ0) is 11.4. The summed E-state index contributed by atoms with van der Waals surface area (Å²) >= 11 is 0. The summed E-state index contributed by atoms with van der Waals surface area (Å²) in [6.07, 6.45) is 7.98. The van der Waals surface area contributed by atoms with Crippen molar-refractivity contribution in [3.8, 4) is 0 Å². The van der Waals surface area contributed by atoms with E-state index in [-0.39, 0.29) is 0 Å². The molecule has 2 aromatic rings. The highest BCUT2D eigenvalue weighted by atomic mass is 15.5. The van der Waals surface area contributed by atoms with Crippen molar-refractivity contribution in [3.05, 3.63) is 48.5 Å². The van der Waals surface area contributed by atoms with Crippen molar-refractivity contribution in [1.82, 2.24) is 9.66 Å². The molecule has 0 amide bonds. The van der Waals surface area contributed by atoms with Crippen LogP contribution in [0.5, 0.6) is 0 Å². The van der Waals surface area contributed by atoms with E-state index < -0.39 is 0 Å². The largest absolute Gasteiger partial charge is 0.285 e. The van der Waals surface area contributed by atoms with Crippen molar-refractivity contribution in [1.29, 1.82) is 0 Å². The maximum Gasteiger partial charge on any atom is 0.0605 e. The van der Waals surface area contributed by atoms with Gasteiger partial charge in [-0.15, -0.1) is 0 Å². The highest BCUT2D eigenvalue weighted by molar-refractivity contribution is 5.43. The second-order valence-electron chi connectivity index (χ2n) is 3.82. The Hall–Kier alpha value is -1.77. The maximum absolute atomic E-state index is 4.03. The predicted octanol–water partition coefficient (Wildman–Crippen LogP) is 2.74. The van der Waals surface area contributed by atoms with Gasteiger partial charge in [0.25, 0.3) is 0 Å². The fourth-order valence-electron chi connectivity index (χ4n) is 1.84. The second-order valence-corrected chi connectivity index (χ2v) is 3.82. The molecule has 0 fully saturated rings. The molecule has 0 saturated carbocycles. The molecule has 0 aromatic carbocycles. The average molecular weight is 215 g/mol. The van der Waals surface area contributed by atoms with Crippen molar-refractivity contribution >= 4 is 5.69 Å². The van der Waals surface area contributed by atoms with Crippen LogP contribution >= 0.6 is 0 Å². The lowest BCUT2D eigenvalue weighted by Gasteiger charge is -2.23. The normalized spacial score (nSPS) is 10.4. The molecule has 0 spiro atoms. The molecule has 3 heteroatoms. The lowest BCUT2D eigenvalue weighted by molar-refractivity contribution is 0.710. The monoisotopic (exact) mass is 215 g/mol. The molecule has 0 saturated heterocycles. The third kappa shape index (κ3) is 2.08. The van der Waals surface area contributed by atoms with Crippen LogP contribution in [0.3, 0.4) is 0 Å². The summed E-state index contributed by atoms with van der Waals surface area (Å²) in [6.45, 7) is 2.20. The van der Waals surface area contributed by atoms with E-state index in [9.17, 15) is 0 Å². The Morgan fingerprint density at radius 2 is 2.00 bits per heavy atom. The van der Waals surface area contributed by atoms with Crippen LogP contribution in [-0.4, -0.2) is 16.7 Å². The van der Waals surface area contributed by atoms with Crippen LogP contribution < -0.4 is 5.01 Å². The number of nitrogens with zero attached hydrogens (tertiary/aromatic N) is 3. The van der Waals surface area contributed by atoms with E-state index in [0.717, 1.165) is 18.5 Å². The van der Waals surface area contributed by atoms with Gasteiger partial charge in [-0.05, 0) is 30.7 Å². The molecule has 3 nitrogen and oxygen atoms in total.